The molecule has 4 rings (SSSR count). The molecule has 1 aliphatic rings. The number of amides is 1. The van der Waals surface area contributed by atoms with Crippen LogP contribution >= 0.6 is 11.8 Å². The van der Waals surface area contributed by atoms with Gasteiger partial charge in [-0.1, -0.05) is 42.1 Å². The van der Waals surface area contributed by atoms with Gasteiger partial charge in [-0.05, 0) is 43.6 Å². The third kappa shape index (κ3) is 5.48. The van der Waals surface area contributed by atoms with Crippen molar-refractivity contribution >= 4 is 17.7 Å². The Labute approximate surface area is 174 Å². The molecule has 8 heteroatoms. The average Bonchev–Trinajstić information content (AvgIpc) is 3.50. The maximum absolute atomic E-state index is 12.2. The lowest BCUT2D eigenvalue weighted by Crippen LogP contribution is -2.24. The van der Waals surface area contributed by atoms with Crippen molar-refractivity contribution in [3.05, 3.63) is 65.9 Å². The number of carbonyl (C=O) groups excluding carboxylic acids is 1. The van der Waals surface area contributed by atoms with E-state index in [1.165, 1.54) is 30.2 Å². The van der Waals surface area contributed by atoms with Gasteiger partial charge in [0.1, 0.15) is 11.6 Å². The van der Waals surface area contributed by atoms with Crippen LogP contribution < -0.4 is 5.32 Å². The molecule has 7 nitrogen and oxygen atoms in total. The molecule has 0 atom stereocenters. The molecule has 1 N–H and O–H groups in total. The summed E-state index contributed by atoms with van der Waals surface area (Å²) >= 11 is 1.42. The third-order valence-electron chi connectivity index (χ3n) is 4.91. The highest BCUT2D eigenvalue weighted by Crippen LogP contribution is 2.21. The molecule has 0 bridgehead atoms. The fraction of sp³-hybridized carbons (Fsp3) is 0.381. The lowest BCUT2D eigenvalue weighted by Gasteiger charge is -2.16. The first-order valence-electron chi connectivity index (χ1n) is 9.88. The van der Waals surface area contributed by atoms with E-state index in [1.54, 1.807) is 6.26 Å². The van der Waals surface area contributed by atoms with Gasteiger partial charge in [0.25, 0.3) is 0 Å². The number of rotatable bonds is 9. The first-order chi connectivity index (χ1) is 14.3. The number of hydrogen-bond donors (Lipinski definition) is 1. The van der Waals surface area contributed by atoms with Crippen molar-refractivity contribution in [2.24, 2.45) is 0 Å². The molecule has 0 saturated carbocycles. The van der Waals surface area contributed by atoms with Gasteiger partial charge in [0.2, 0.25) is 5.91 Å². The predicted octanol–water partition coefficient (Wildman–Crippen LogP) is 2.92. The number of nitrogens with zero attached hydrogens (tertiary/aromatic N) is 4. The van der Waals surface area contributed by atoms with Crippen molar-refractivity contribution in [1.29, 1.82) is 0 Å². The second-order valence-electron chi connectivity index (χ2n) is 7.10. The first-order valence-corrected chi connectivity index (χ1v) is 10.9. The Kier molecular flexibility index (Phi) is 6.63. The normalized spacial score (nSPS) is 14.3. The van der Waals surface area contributed by atoms with E-state index in [0.29, 0.717) is 13.1 Å². The van der Waals surface area contributed by atoms with E-state index < -0.39 is 0 Å². The fourth-order valence-electron chi connectivity index (χ4n) is 3.39. The van der Waals surface area contributed by atoms with Crippen molar-refractivity contribution in [2.45, 2.75) is 37.6 Å². The molecule has 3 heterocycles. The van der Waals surface area contributed by atoms with E-state index in [0.717, 1.165) is 36.4 Å². The smallest absolute Gasteiger partial charge is 0.230 e. The highest BCUT2D eigenvalue weighted by atomic mass is 32.2. The van der Waals surface area contributed by atoms with E-state index in [-0.39, 0.29) is 11.7 Å². The summed E-state index contributed by atoms with van der Waals surface area (Å²) in [7, 11) is 0. The maximum Gasteiger partial charge on any atom is 0.230 e. The number of benzene rings is 1. The number of nitrogens with one attached hydrogen (secondary N) is 1. The Morgan fingerprint density at radius 2 is 1.90 bits per heavy atom. The molecule has 0 unspecified atom stereocenters. The number of hydrogen-bond acceptors (Lipinski definition) is 6. The summed E-state index contributed by atoms with van der Waals surface area (Å²) in [6.07, 6.45) is 4.08. The lowest BCUT2D eigenvalue weighted by molar-refractivity contribution is -0.118. The predicted molar refractivity (Wildman–Crippen MR) is 111 cm³/mol. The fourth-order valence-corrected chi connectivity index (χ4v) is 4.17. The molecule has 29 heavy (non-hydrogen) atoms. The van der Waals surface area contributed by atoms with Crippen LogP contribution in [0.4, 0.5) is 0 Å². The van der Waals surface area contributed by atoms with E-state index >= 15 is 0 Å². The second kappa shape index (κ2) is 9.76. The Hall–Kier alpha value is -2.58. The van der Waals surface area contributed by atoms with Gasteiger partial charge < -0.3 is 14.3 Å². The topological polar surface area (TPSA) is 76.2 Å². The molecular weight excluding hydrogens is 386 g/mol. The lowest BCUT2D eigenvalue weighted by atomic mass is 10.2. The number of furan rings is 1. The van der Waals surface area contributed by atoms with Crippen molar-refractivity contribution in [2.75, 3.05) is 18.8 Å². The molecule has 1 aromatic carbocycles. The molecule has 2 aromatic heterocycles. The zero-order chi connectivity index (χ0) is 19.9. The molecule has 152 valence electrons. The first kappa shape index (κ1) is 19.7. The molecule has 1 aliphatic heterocycles. The number of likely N-dealkylation sites (tertiary alicyclic amines) is 1. The summed E-state index contributed by atoms with van der Waals surface area (Å²) < 4.78 is 7.38. The van der Waals surface area contributed by atoms with Gasteiger partial charge in [-0.25, -0.2) is 0 Å². The van der Waals surface area contributed by atoms with Crippen molar-refractivity contribution < 1.29 is 9.21 Å². The van der Waals surface area contributed by atoms with Gasteiger partial charge in [0.05, 0.1) is 31.7 Å². The average molecular weight is 412 g/mol. The zero-order valence-corrected chi connectivity index (χ0v) is 17.1. The Bertz CT molecular complexity index is 905. The van der Waals surface area contributed by atoms with E-state index in [1.807, 2.05) is 30.3 Å². The third-order valence-corrected chi connectivity index (χ3v) is 5.88. The largest absolute Gasteiger partial charge is 0.467 e. The summed E-state index contributed by atoms with van der Waals surface area (Å²) in [5, 5.41) is 12.5. The summed E-state index contributed by atoms with van der Waals surface area (Å²) in [5.74, 6) is 1.93. The summed E-state index contributed by atoms with van der Waals surface area (Å²) in [5.41, 5.74) is 1.19. The minimum Gasteiger partial charge on any atom is -0.467 e. The molecule has 3 aromatic rings. The van der Waals surface area contributed by atoms with Crippen molar-refractivity contribution in [3.8, 4) is 0 Å². The summed E-state index contributed by atoms with van der Waals surface area (Å²) in [6.45, 7) is 4.10. The monoisotopic (exact) mass is 411 g/mol. The SMILES string of the molecule is O=C(CSc1nnc(CN2CCCC2)n1Cc1ccccc1)NCc1ccco1. The van der Waals surface area contributed by atoms with Crippen LogP contribution in [0.2, 0.25) is 0 Å². The van der Waals surface area contributed by atoms with Crippen LogP contribution in [0.25, 0.3) is 0 Å². The number of aromatic nitrogens is 3. The Morgan fingerprint density at radius 1 is 1.07 bits per heavy atom. The van der Waals surface area contributed by atoms with E-state index in [4.69, 9.17) is 4.42 Å². The minimum absolute atomic E-state index is 0.0539. The number of thioether (sulfide) groups is 1. The van der Waals surface area contributed by atoms with Crippen LogP contribution in [0.5, 0.6) is 0 Å². The van der Waals surface area contributed by atoms with Gasteiger partial charge >= 0.3 is 0 Å². The second-order valence-corrected chi connectivity index (χ2v) is 8.04. The standard InChI is InChI=1S/C21H25N5O2S/c27-20(22-13-18-9-6-12-28-18)16-29-21-24-23-19(15-25-10-4-5-11-25)26(21)14-17-7-2-1-3-8-17/h1-3,6-9,12H,4-5,10-11,13-16H2,(H,22,27). The van der Waals surface area contributed by atoms with E-state index in [9.17, 15) is 4.79 Å². The Morgan fingerprint density at radius 3 is 2.66 bits per heavy atom. The van der Waals surface area contributed by atoms with Gasteiger partial charge in [-0.15, -0.1) is 10.2 Å². The quantitative estimate of drug-likeness (QED) is 0.546. The maximum atomic E-state index is 12.2. The van der Waals surface area contributed by atoms with Gasteiger partial charge in [-0.3, -0.25) is 9.69 Å². The minimum atomic E-state index is -0.0539. The van der Waals surface area contributed by atoms with Gasteiger partial charge in [-0.2, -0.15) is 0 Å². The van der Waals surface area contributed by atoms with Crippen LogP contribution in [0.15, 0.2) is 58.3 Å². The molecule has 1 amide bonds. The molecule has 1 saturated heterocycles. The van der Waals surface area contributed by atoms with Crippen LogP contribution in [0.1, 0.15) is 30.0 Å². The van der Waals surface area contributed by atoms with Crippen molar-refractivity contribution in [1.82, 2.24) is 25.0 Å². The van der Waals surface area contributed by atoms with Crippen molar-refractivity contribution in [3.63, 3.8) is 0 Å². The summed E-state index contributed by atoms with van der Waals surface area (Å²) in [4.78, 5) is 14.6. The molecule has 0 radical (unpaired) electrons. The molecular formula is C21H25N5O2S. The summed E-state index contributed by atoms with van der Waals surface area (Å²) in [6, 6.07) is 13.9. The highest BCUT2D eigenvalue weighted by molar-refractivity contribution is 7.99. The van der Waals surface area contributed by atoms with Crippen LogP contribution in [0.3, 0.4) is 0 Å². The van der Waals surface area contributed by atoms with E-state index in [2.05, 4.69) is 37.1 Å². The van der Waals surface area contributed by atoms with Crippen LogP contribution in [0, 0.1) is 0 Å². The van der Waals surface area contributed by atoms with Crippen LogP contribution in [-0.4, -0.2) is 44.4 Å². The van der Waals surface area contributed by atoms with Gasteiger partial charge in [0, 0.05) is 0 Å². The number of carbonyl (C=O) groups is 1. The molecule has 1 fully saturated rings. The molecule has 0 spiro atoms. The zero-order valence-electron chi connectivity index (χ0n) is 16.3. The van der Waals surface area contributed by atoms with Crippen LogP contribution in [-0.2, 0) is 24.4 Å². The van der Waals surface area contributed by atoms with Gasteiger partial charge in [0.15, 0.2) is 5.16 Å². The molecule has 0 aliphatic carbocycles. The Balaban J connectivity index is 1.41. The highest BCUT2D eigenvalue weighted by Gasteiger charge is 2.19.